The van der Waals surface area contributed by atoms with Crippen molar-refractivity contribution in [3.05, 3.63) is 46.9 Å². The van der Waals surface area contributed by atoms with Gasteiger partial charge in [-0.2, -0.15) is 9.64 Å². The first-order chi connectivity index (χ1) is 8.70. The number of nitrogens with one attached hydrogen (secondary N) is 1. The number of nitriles is 1. The Morgan fingerprint density at radius 2 is 2.33 bits per heavy atom. The summed E-state index contributed by atoms with van der Waals surface area (Å²) in [6.07, 6.45) is 0.708. The van der Waals surface area contributed by atoms with Gasteiger partial charge >= 0.3 is 0 Å². The molecule has 0 spiro atoms. The highest BCUT2D eigenvalue weighted by Crippen LogP contribution is 2.23. The van der Waals surface area contributed by atoms with Gasteiger partial charge in [0.2, 0.25) is 0 Å². The second-order valence-electron chi connectivity index (χ2n) is 3.89. The molecule has 18 heavy (non-hydrogen) atoms. The molecule has 0 saturated heterocycles. The van der Waals surface area contributed by atoms with Gasteiger partial charge in [-0.15, -0.1) is 0 Å². The number of benzene rings is 1. The second kappa shape index (κ2) is 5.61. The van der Waals surface area contributed by atoms with E-state index in [0.717, 1.165) is 16.3 Å². The minimum atomic E-state index is -0.223. The number of hydrogen-bond donors (Lipinski definition) is 1. The van der Waals surface area contributed by atoms with E-state index in [-0.39, 0.29) is 5.82 Å². The first kappa shape index (κ1) is 12.5. The Morgan fingerprint density at radius 1 is 1.50 bits per heavy atom. The molecule has 0 fully saturated rings. The molecule has 2 rings (SSSR count). The van der Waals surface area contributed by atoms with Crippen LogP contribution in [-0.4, -0.2) is 10.9 Å². The zero-order valence-electron chi connectivity index (χ0n) is 9.90. The van der Waals surface area contributed by atoms with Crippen molar-refractivity contribution in [1.82, 2.24) is 4.37 Å². The molecule has 5 heteroatoms. The van der Waals surface area contributed by atoms with Crippen molar-refractivity contribution in [2.24, 2.45) is 0 Å². The maximum atomic E-state index is 13.0. The summed E-state index contributed by atoms with van der Waals surface area (Å²) in [4.78, 5) is 0. The standard InChI is InChI=1S/C13H12FN3S/c1-9-12(8-15)13(18-17-9)16-6-5-10-3-2-4-11(14)7-10/h2-4,7,16H,5-6H2,1H3. The van der Waals surface area contributed by atoms with Crippen molar-refractivity contribution >= 4 is 16.5 Å². The highest BCUT2D eigenvalue weighted by atomic mass is 32.1. The number of aromatic nitrogens is 1. The number of hydrogen-bond acceptors (Lipinski definition) is 4. The maximum absolute atomic E-state index is 13.0. The van der Waals surface area contributed by atoms with Crippen LogP contribution in [0.4, 0.5) is 9.39 Å². The Hall–Kier alpha value is -1.93. The van der Waals surface area contributed by atoms with Crippen LogP contribution in [0.25, 0.3) is 0 Å². The molecule has 1 N–H and O–H groups in total. The lowest BCUT2D eigenvalue weighted by atomic mass is 10.1. The molecule has 1 heterocycles. The van der Waals surface area contributed by atoms with E-state index < -0.39 is 0 Å². The Labute approximate surface area is 109 Å². The number of anilines is 1. The SMILES string of the molecule is Cc1nsc(NCCc2cccc(F)c2)c1C#N. The van der Waals surface area contributed by atoms with Gasteiger partial charge < -0.3 is 5.32 Å². The van der Waals surface area contributed by atoms with Gasteiger partial charge in [-0.05, 0) is 42.6 Å². The van der Waals surface area contributed by atoms with Crippen molar-refractivity contribution < 1.29 is 4.39 Å². The largest absolute Gasteiger partial charge is 0.374 e. The van der Waals surface area contributed by atoms with E-state index >= 15 is 0 Å². The Bertz CT molecular complexity index is 586. The molecule has 92 valence electrons. The van der Waals surface area contributed by atoms with Crippen molar-refractivity contribution in [1.29, 1.82) is 5.26 Å². The van der Waals surface area contributed by atoms with Crippen LogP contribution in [0.1, 0.15) is 16.8 Å². The number of halogens is 1. The molecule has 0 atom stereocenters. The number of rotatable bonds is 4. The summed E-state index contributed by atoms with van der Waals surface area (Å²) in [6, 6.07) is 8.65. The van der Waals surface area contributed by atoms with Gasteiger partial charge in [0.1, 0.15) is 22.5 Å². The van der Waals surface area contributed by atoms with Gasteiger partial charge in [-0.3, -0.25) is 0 Å². The summed E-state index contributed by atoms with van der Waals surface area (Å²) in [5.74, 6) is -0.223. The summed E-state index contributed by atoms with van der Waals surface area (Å²) >= 11 is 1.28. The molecule has 0 amide bonds. The van der Waals surface area contributed by atoms with E-state index in [9.17, 15) is 4.39 Å². The van der Waals surface area contributed by atoms with E-state index in [4.69, 9.17) is 5.26 Å². The minimum absolute atomic E-state index is 0.223. The van der Waals surface area contributed by atoms with Gasteiger partial charge in [0.15, 0.2) is 0 Å². The van der Waals surface area contributed by atoms with E-state index in [0.29, 0.717) is 18.5 Å². The summed E-state index contributed by atoms with van der Waals surface area (Å²) in [6.45, 7) is 2.46. The average molecular weight is 261 g/mol. The van der Waals surface area contributed by atoms with Gasteiger partial charge in [-0.1, -0.05) is 12.1 Å². The third-order valence-corrected chi connectivity index (χ3v) is 3.46. The molecule has 0 aliphatic carbocycles. The van der Waals surface area contributed by atoms with Crippen LogP contribution < -0.4 is 5.32 Å². The molecule has 1 aromatic heterocycles. The molecule has 0 aliphatic rings. The smallest absolute Gasteiger partial charge is 0.127 e. The summed E-state index contributed by atoms with van der Waals surface area (Å²) in [5.41, 5.74) is 2.28. The van der Waals surface area contributed by atoms with Crippen LogP contribution in [0, 0.1) is 24.1 Å². The van der Waals surface area contributed by atoms with Crippen LogP contribution >= 0.6 is 11.5 Å². The van der Waals surface area contributed by atoms with Gasteiger partial charge in [0.25, 0.3) is 0 Å². The zero-order chi connectivity index (χ0) is 13.0. The maximum Gasteiger partial charge on any atom is 0.127 e. The first-order valence-electron chi connectivity index (χ1n) is 5.55. The molecule has 0 aliphatic heterocycles. The normalized spacial score (nSPS) is 10.1. The van der Waals surface area contributed by atoms with Crippen molar-refractivity contribution in [2.75, 3.05) is 11.9 Å². The Morgan fingerprint density at radius 3 is 3.06 bits per heavy atom. The molecular weight excluding hydrogens is 249 g/mol. The predicted octanol–water partition coefficient (Wildman–Crippen LogP) is 3.12. The lowest BCUT2D eigenvalue weighted by Gasteiger charge is -2.04. The van der Waals surface area contributed by atoms with E-state index in [1.54, 1.807) is 6.07 Å². The van der Waals surface area contributed by atoms with Gasteiger partial charge in [0.05, 0.1) is 5.69 Å². The number of nitrogens with zero attached hydrogens (tertiary/aromatic N) is 2. The van der Waals surface area contributed by atoms with Crippen LogP contribution in [0.2, 0.25) is 0 Å². The van der Waals surface area contributed by atoms with Gasteiger partial charge in [0, 0.05) is 6.54 Å². The fraction of sp³-hybridized carbons (Fsp3) is 0.231. The monoisotopic (exact) mass is 261 g/mol. The van der Waals surface area contributed by atoms with E-state index in [1.807, 2.05) is 13.0 Å². The fourth-order valence-corrected chi connectivity index (χ4v) is 2.41. The molecule has 0 unspecified atom stereocenters. The topological polar surface area (TPSA) is 48.7 Å². The lowest BCUT2D eigenvalue weighted by Crippen LogP contribution is -2.04. The Kier molecular flexibility index (Phi) is 3.90. The Balaban J connectivity index is 1.95. The van der Waals surface area contributed by atoms with E-state index in [2.05, 4.69) is 15.8 Å². The van der Waals surface area contributed by atoms with Crippen LogP contribution in [-0.2, 0) is 6.42 Å². The lowest BCUT2D eigenvalue weighted by molar-refractivity contribution is 0.625. The third-order valence-electron chi connectivity index (χ3n) is 2.56. The van der Waals surface area contributed by atoms with Crippen LogP contribution in [0.3, 0.4) is 0 Å². The summed E-state index contributed by atoms with van der Waals surface area (Å²) in [5, 5.41) is 12.9. The molecule has 0 saturated carbocycles. The summed E-state index contributed by atoms with van der Waals surface area (Å²) in [7, 11) is 0. The fourth-order valence-electron chi connectivity index (χ4n) is 1.63. The van der Waals surface area contributed by atoms with Crippen molar-refractivity contribution in [3.8, 4) is 6.07 Å². The van der Waals surface area contributed by atoms with Crippen molar-refractivity contribution in [2.45, 2.75) is 13.3 Å². The second-order valence-corrected chi connectivity index (χ2v) is 4.66. The predicted molar refractivity (Wildman–Crippen MR) is 70.2 cm³/mol. The summed E-state index contributed by atoms with van der Waals surface area (Å²) < 4.78 is 17.1. The van der Waals surface area contributed by atoms with Crippen molar-refractivity contribution in [3.63, 3.8) is 0 Å². The molecule has 0 bridgehead atoms. The molecule has 2 aromatic rings. The zero-order valence-corrected chi connectivity index (χ0v) is 10.7. The van der Waals surface area contributed by atoms with Crippen LogP contribution in [0.5, 0.6) is 0 Å². The molecule has 3 nitrogen and oxygen atoms in total. The highest BCUT2D eigenvalue weighted by molar-refractivity contribution is 7.10. The minimum Gasteiger partial charge on any atom is -0.374 e. The molecular formula is C13H12FN3S. The average Bonchev–Trinajstić information content (AvgIpc) is 2.70. The number of aryl methyl sites for hydroxylation is 1. The molecule has 1 aromatic carbocycles. The molecule has 0 radical (unpaired) electrons. The van der Waals surface area contributed by atoms with Gasteiger partial charge in [-0.25, -0.2) is 4.39 Å². The van der Waals surface area contributed by atoms with E-state index in [1.165, 1.54) is 23.7 Å². The van der Waals surface area contributed by atoms with Crippen LogP contribution in [0.15, 0.2) is 24.3 Å². The highest BCUT2D eigenvalue weighted by Gasteiger charge is 2.08. The first-order valence-corrected chi connectivity index (χ1v) is 6.32. The third kappa shape index (κ3) is 2.84. The quantitative estimate of drug-likeness (QED) is 0.920.